The van der Waals surface area contributed by atoms with Gasteiger partial charge in [0, 0.05) is 79.1 Å². The molecule has 0 aliphatic carbocycles. The maximum atomic E-state index is 12.0. The average Bonchev–Trinajstić information content (AvgIpc) is 3.63. The topological polar surface area (TPSA) is 106 Å². The van der Waals surface area contributed by atoms with Gasteiger partial charge in [-0.25, -0.2) is 18.1 Å². The van der Waals surface area contributed by atoms with Gasteiger partial charge in [0.15, 0.2) is 5.82 Å². The summed E-state index contributed by atoms with van der Waals surface area (Å²) < 4.78 is 31.5. The lowest BCUT2D eigenvalue weighted by Gasteiger charge is -2.48. The van der Waals surface area contributed by atoms with Crippen LogP contribution in [-0.2, 0) is 22.9 Å². The van der Waals surface area contributed by atoms with Crippen molar-refractivity contribution < 1.29 is 13.2 Å². The Bertz CT molecular complexity index is 1950. The Labute approximate surface area is 250 Å². The number of benzene rings is 1. The van der Waals surface area contributed by atoms with Crippen LogP contribution in [0.5, 0.6) is 5.75 Å². The summed E-state index contributed by atoms with van der Waals surface area (Å²) in [7, 11) is -1.42. The van der Waals surface area contributed by atoms with Crippen LogP contribution in [0, 0.1) is 12.8 Å². The Morgan fingerprint density at radius 1 is 1.00 bits per heavy atom. The monoisotopic (exact) mass is 595 g/mol. The molecule has 0 bridgehead atoms. The number of pyridine rings is 3. The number of rotatable bonds is 7. The number of aromatic nitrogens is 5. The predicted molar refractivity (Wildman–Crippen MR) is 168 cm³/mol. The molecular weight excluding hydrogens is 562 g/mol. The minimum absolute atomic E-state index is 0.0825. The molecule has 1 fully saturated rings. The third-order valence-electron chi connectivity index (χ3n) is 8.65. The second-order valence-corrected chi connectivity index (χ2v) is 13.8. The van der Waals surface area contributed by atoms with E-state index in [0.717, 1.165) is 52.4 Å². The molecule has 4 aromatic heterocycles. The summed E-state index contributed by atoms with van der Waals surface area (Å²) in [5.41, 5.74) is 6.84. The van der Waals surface area contributed by atoms with Crippen molar-refractivity contribution in [3.63, 3.8) is 0 Å². The fourth-order valence-corrected chi connectivity index (χ4v) is 7.44. The first-order valence-corrected chi connectivity index (χ1v) is 16.4. The second-order valence-electron chi connectivity index (χ2n) is 11.6. The highest BCUT2D eigenvalue weighted by atomic mass is 32.2. The fraction of sp³-hybridized carbons (Fsp3) is 0.312. The van der Waals surface area contributed by atoms with E-state index in [9.17, 15) is 8.42 Å². The third kappa shape index (κ3) is 4.97. The molecule has 43 heavy (non-hydrogen) atoms. The van der Waals surface area contributed by atoms with Gasteiger partial charge in [-0.05, 0) is 37.1 Å². The number of anilines is 2. The van der Waals surface area contributed by atoms with Gasteiger partial charge in [0.1, 0.15) is 21.4 Å². The summed E-state index contributed by atoms with van der Waals surface area (Å²) in [6, 6.07) is 16.5. The normalized spacial score (nSPS) is 18.1. The van der Waals surface area contributed by atoms with Crippen molar-refractivity contribution in [3.8, 4) is 22.8 Å². The number of fused-ring (bicyclic) bond motifs is 2. The summed E-state index contributed by atoms with van der Waals surface area (Å²) in [5, 5.41) is 5.72. The predicted octanol–water partition coefficient (Wildman–Crippen LogP) is 4.58. The Kier molecular flexibility index (Phi) is 6.57. The average molecular weight is 596 g/mol. The Hall–Kier alpha value is -4.51. The molecule has 0 saturated carbocycles. The van der Waals surface area contributed by atoms with Crippen molar-refractivity contribution in [2.24, 2.45) is 5.92 Å². The lowest BCUT2D eigenvalue weighted by atomic mass is 9.91. The van der Waals surface area contributed by atoms with Crippen LogP contribution >= 0.6 is 0 Å². The number of ether oxygens (including phenoxy) is 1. The van der Waals surface area contributed by atoms with Crippen molar-refractivity contribution in [2.45, 2.75) is 33.0 Å². The minimum Gasteiger partial charge on any atom is -0.496 e. The summed E-state index contributed by atoms with van der Waals surface area (Å²) >= 11 is 0. The van der Waals surface area contributed by atoms with Crippen LogP contribution in [0.25, 0.3) is 28.0 Å². The molecule has 0 N–H and O–H groups in total. The van der Waals surface area contributed by atoms with Gasteiger partial charge in [-0.3, -0.25) is 9.97 Å². The van der Waals surface area contributed by atoms with Crippen LogP contribution in [0.15, 0.2) is 67.1 Å². The zero-order valence-corrected chi connectivity index (χ0v) is 25.4. The maximum absolute atomic E-state index is 12.0. The zero-order valence-electron chi connectivity index (χ0n) is 24.6. The molecule has 5 aromatic rings. The van der Waals surface area contributed by atoms with E-state index in [0.29, 0.717) is 18.1 Å². The standard InChI is InChI=1S/C32H33N7O3S/c1-20-26-15-34-39(29(26)13-28(35-20)27-14-33-10-9-30(27)42-3)32-12-25(38-18-24(21(38)2)19-43(4,40)41)11-31(36-32)37-16-22-7-5-6-8-23(22)17-37/h5-15,21,24H,16-19H2,1-4H3/t21-,24-/m1/s1. The molecule has 0 spiro atoms. The molecule has 11 heteroatoms. The largest absolute Gasteiger partial charge is 0.496 e. The molecule has 0 radical (unpaired) electrons. The number of sulfone groups is 1. The molecule has 220 valence electrons. The van der Waals surface area contributed by atoms with Gasteiger partial charge in [0.2, 0.25) is 0 Å². The highest BCUT2D eigenvalue weighted by Gasteiger charge is 2.38. The summed E-state index contributed by atoms with van der Waals surface area (Å²) in [4.78, 5) is 18.8. The fourth-order valence-electron chi connectivity index (χ4n) is 6.28. The SMILES string of the molecule is COc1ccncc1-c1cc2c(cnn2-c2cc(N3C[C@H](CS(C)(=O)=O)[C@H]3C)cc(N3Cc4ccccc4C3)n2)c(C)n1. The second kappa shape index (κ2) is 10.3. The van der Waals surface area contributed by atoms with E-state index < -0.39 is 9.84 Å². The number of aryl methyl sites for hydroxylation is 1. The smallest absolute Gasteiger partial charge is 0.158 e. The van der Waals surface area contributed by atoms with E-state index in [2.05, 4.69) is 52.0 Å². The van der Waals surface area contributed by atoms with Gasteiger partial charge in [0.05, 0.1) is 35.8 Å². The van der Waals surface area contributed by atoms with Crippen molar-refractivity contribution in [2.75, 3.05) is 35.5 Å². The van der Waals surface area contributed by atoms with Crippen LogP contribution < -0.4 is 14.5 Å². The van der Waals surface area contributed by atoms with Crippen LogP contribution in [0.3, 0.4) is 0 Å². The van der Waals surface area contributed by atoms with Gasteiger partial charge in [-0.15, -0.1) is 0 Å². The number of hydrogen-bond acceptors (Lipinski definition) is 9. The van der Waals surface area contributed by atoms with Crippen LogP contribution in [0.1, 0.15) is 23.7 Å². The van der Waals surface area contributed by atoms with E-state index in [-0.39, 0.29) is 17.7 Å². The van der Waals surface area contributed by atoms with Crippen LogP contribution in [-0.4, -0.2) is 64.9 Å². The molecule has 2 aliphatic rings. The van der Waals surface area contributed by atoms with Crippen molar-refractivity contribution >= 4 is 32.2 Å². The Morgan fingerprint density at radius 2 is 1.74 bits per heavy atom. The Morgan fingerprint density at radius 3 is 2.44 bits per heavy atom. The van der Waals surface area contributed by atoms with Gasteiger partial charge in [-0.1, -0.05) is 24.3 Å². The number of methoxy groups -OCH3 is 1. The number of nitrogens with zero attached hydrogens (tertiary/aromatic N) is 7. The van der Waals surface area contributed by atoms with E-state index in [1.54, 1.807) is 19.5 Å². The molecule has 2 aliphatic heterocycles. The molecule has 0 amide bonds. The molecule has 10 nitrogen and oxygen atoms in total. The molecule has 1 aromatic carbocycles. The molecular formula is C32H33N7O3S. The molecule has 2 atom stereocenters. The van der Waals surface area contributed by atoms with E-state index in [1.165, 1.54) is 17.4 Å². The van der Waals surface area contributed by atoms with Gasteiger partial charge < -0.3 is 14.5 Å². The Balaban J connectivity index is 1.33. The van der Waals surface area contributed by atoms with Gasteiger partial charge >= 0.3 is 0 Å². The lowest BCUT2D eigenvalue weighted by Crippen LogP contribution is -2.57. The highest BCUT2D eigenvalue weighted by Crippen LogP contribution is 2.37. The molecule has 1 saturated heterocycles. The quantitative estimate of drug-likeness (QED) is 0.267. The lowest BCUT2D eigenvalue weighted by molar-refractivity contribution is 0.341. The van der Waals surface area contributed by atoms with E-state index >= 15 is 0 Å². The summed E-state index contributed by atoms with van der Waals surface area (Å²) in [6.45, 7) is 6.28. The highest BCUT2D eigenvalue weighted by molar-refractivity contribution is 7.90. The zero-order chi connectivity index (χ0) is 29.9. The van der Waals surface area contributed by atoms with Gasteiger partial charge in [-0.2, -0.15) is 5.10 Å². The maximum Gasteiger partial charge on any atom is 0.158 e. The summed E-state index contributed by atoms with van der Waals surface area (Å²) in [6.07, 6.45) is 6.59. The first-order chi connectivity index (χ1) is 20.7. The first-order valence-electron chi connectivity index (χ1n) is 14.3. The van der Waals surface area contributed by atoms with Crippen molar-refractivity contribution in [1.82, 2.24) is 24.7 Å². The van der Waals surface area contributed by atoms with Crippen molar-refractivity contribution in [1.29, 1.82) is 0 Å². The van der Waals surface area contributed by atoms with E-state index in [1.807, 2.05) is 36.0 Å². The molecule has 6 heterocycles. The van der Waals surface area contributed by atoms with Crippen molar-refractivity contribution in [3.05, 3.63) is 83.9 Å². The summed E-state index contributed by atoms with van der Waals surface area (Å²) in [5.74, 6) is 2.51. The first kappa shape index (κ1) is 27.3. The minimum atomic E-state index is -3.06. The van der Waals surface area contributed by atoms with E-state index in [4.69, 9.17) is 19.8 Å². The van der Waals surface area contributed by atoms with Crippen LogP contribution in [0.2, 0.25) is 0 Å². The van der Waals surface area contributed by atoms with Gasteiger partial charge in [0.25, 0.3) is 0 Å². The number of hydrogen-bond donors (Lipinski definition) is 0. The third-order valence-corrected chi connectivity index (χ3v) is 9.69. The molecule has 7 rings (SSSR count). The van der Waals surface area contributed by atoms with Crippen LogP contribution in [0.4, 0.5) is 11.5 Å². The molecule has 0 unspecified atom stereocenters.